The highest BCUT2D eigenvalue weighted by Crippen LogP contribution is 2.11. The Kier molecular flexibility index (Phi) is 1.85. The third kappa shape index (κ3) is 1.23. The molecule has 0 fully saturated rings. The number of H-pyrrole nitrogens is 1. The monoisotopic (exact) mass is 139 g/mol. The molecule has 0 spiro atoms. The molecule has 3 heteroatoms. The Morgan fingerprint density at radius 1 is 1.60 bits per heavy atom. The van der Waals surface area contributed by atoms with Crippen molar-refractivity contribution in [3.63, 3.8) is 0 Å². The van der Waals surface area contributed by atoms with Gasteiger partial charge < -0.3 is 15.6 Å². The average molecular weight is 139 g/mol. The smallest absolute Gasteiger partial charge is 0.107 e. The summed E-state index contributed by atoms with van der Waals surface area (Å²) in [5, 5.41) is 0. The van der Waals surface area contributed by atoms with Crippen LogP contribution in [0.25, 0.3) is 0 Å². The fraction of sp³-hybridized carbons (Fsp3) is 0.429. The van der Waals surface area contributed by atoms with Crippen LogP contribution in [-0.2, 0) is 0 Å². The second kappa shape index (κ2) is 2.64. The summed E-state index contributed by atoms with van der Waals surface area (Å²) in [6.45, 7) is 3.08. The van der Waals surface area contributed by atoms with Crippen LogP contribution in [0.5, 0.6) is 0 Å². The lowest BCUT2D eigenvalue weighted by Gasteiger charge is -2.13. The van der Waals surface area contributed by atoms with Crippen LogP contribution in [0, 0.1) is 0 Å². The Morgan fingerprint density at radius 2 is 2.30 bits per heavy atom. The van der Waals surface area contributed by atoms with Crippen LogP contribution in [0.4, 0.5) is 11.6 Å². The van der Waals surface area contributed by atoms with E-state index in [1.54, 1.807) is 0 Å². The largest absolute Gasteiger partial charge is 0.385 e. The van der Waals surface area contributed by atoms with E-state index in [0.29, 0.717) is 0 Å². The molecule has 56 valence electrons. The molecule has 0 radical (unpaired) electrons. The number of nitrogen functional groups attached to an aromatic ring is 1. The quantitative estimate of drug-likeness (QED) is 0.643. The predicted molar refractivity (Wildman–Crippen MR) is 44.1 cm³/mol. The second-order valence-corrected chi connectivity index (χ2v) is 2.31. The molecule has 0 aliphatic carbocycles. The van der Waals surface area contributed by atoms with E-state index in [0.717, 1.165) is 18.2 Å². The first-order valence-electron chi connectivity index (χ1n) is 3.39. The first kappa shape index (κ1) is 6.99. The fourth-order valence-electron chi connectivity index (χ4n) is 0.793. The van der Waals surface area contributed by atoms with Crippen LogP contribution < -0.4 is 10.6 Å². The molecule has 1 heterocycles. The molecule has 10 heavy (non-hydrogen) atoms. The normalized spacial score (nSPS) is 9.80. The third-order valence-electron chi connectivity index (χ3n) is 1.58. The van der Waals surface area contributed by atoms with E-state index in [2.05, 4.69) is 16.8 Å². The van der Waals surface area contributed by atoms with Crippen molar-refractivity contribution in [2.24, 2.45) is 0 Å². The molecule has 1 aromatic rings. The van der Waals surface area contributed by atoms with Crippen molar-refractivity contribution in [2.75, 3.05) is 24.2 Å². The summed E-state index contributed by atoms with van der Waals surface area (Å²) in [6, 6.07) is 3.83. The minimum atomic E-state index is 0.718. The van der Waals surface area contributed by atoms with E-state index in [-0.39, 0.29) is 0 Å². The van der Waals surface area contributed by atoms with E-state index in [4.69, 9.17) is 5.73 Å². The van der Waals surface area contributed by atoms with E-state index in [1.165, 1.54) is 0 Å². The molecule has 1 rings (SSSR count). The maximum Gasteiger partial charge on any atom is 0.107 e. The first-order valence-corrected chi connectivity index (χ1v) is 3.39. The first-order chi connectivity index (χ1) is 4.74. The summed E-state index contributed by atoms with van der Waals surface area (Å²) in [6.07, 6.45) is 0. The molecule has 3 N–H and O–H groups in total. The molecule has 0 aliphatic heterocycles. The minimum absolute atomic E-state index is 0.718. The number of nitrogens with two attached hydrogens (primary N) is 1. The minimum Gasteiger partial charge on any atom is -0.385 e. The van der Waals surface area contributed by atoms with Gasteiger partial charge in [0.1, 0.15) is 11.6 Å². The van der Waals surface area contributed by atoms with Gasteiger partial charge in [0.2, 0.25) is 0 Å². The van der Waals surface area contributed by atoms with E-state index >= 15 is 0 Å². The highest BCUT2D eigenvalue weighted by atomic mass is 15.2. The maximum atomic E-state index is 5.49. The van der Waals surface area contributed by atoms with Gasteiger partial charge in [0, 0.05) is 13.6 Å². The van der Waals surface area contributed by atoms with Crippen LogP contribution >= 0.6 is 0 Å². The van der Waals surface area contributed by atoms with Gasteiger partial charge in [-0.3, -0.25) is 0 Å². The van der Waals surface area contributed by atoms with Crippen molar-refractivity contribution in [3.8, 4) is 0 Å². The van der Waals surface area contributed by atoms with Gasteiger partial charge in [-0.15, -0.1) is 0 Å². The summed E-state index contributed by atoms with van der Waals surface area (Å²) in [7, 11) is 2.02. The van der Waals surface area contributed by atoms with Gasteiger partial charge in [0.15, 0.2) is 0 Å². The zero-order valence-electron chi connectivity index (χ0n) is 6.39. The van der Waals surface area contributed by atoms with Crippen molar-refractivity contribution < 1.29 is 0 Å². The Labute approximate surface area is 60.8 Å². The zero-order valence-corrected chi connectivity index (χ0v) is 6.39. The van der Waals surface area contributed by atoms with Crippen molar-refractivity contribution >= 4 is 11.6 Å². The molecular formula is C7H13N3. The summed E-state index contributed by atoms with van der Waals surface area (Å²) in [5.41, 5.74) is 5.49. The van der Waals surface area contributed by atoms with Crippen LogP contribution in [0.15, 0.2) is 12.1 Å². The molecule has 1 aromatic heterocycles. The van der Waals surface area contributed by atoms with E-state index < -0.39 is 0 Å². The van der Waals surface area contributed by atoms with Crippen LogP contribution in [0.3, 0.4) is 0 Å². The fourth-order valence-corrected chi connectivity index (χ4v) is 0.793. The number of rotatable bonds is 2. The van der Waals surface area contributed by atoms with Gasteiger partial charge in [-0.1, -0.05) is 0 Å². The Morgan fingerprint density at radius 3 is 2.70 bits per heavy atom. The second-order valence-electron chi connectivity index (χ2n) is 2.31. The van der Waals surface area contributed by atoms with Gasteiger partial charge >= 0.3 is 0 Å². The molecule has 0 saturated carbocycles. The van der Waals surface area contributed by atoms with Gasteiger partial charge in [0.05, 0.1) is 0 Å². The van der Waals surface area contributed by atoms with Gasteiger partial charge in [0.25, 0.3) is 0 Å². The van der Waals surface area contributed by atoms with Gasteiger partial charge in [-0.2, -0.15) is 0 Å². The highest BCUT2D eigenvalue weighted by molar-refractivity contribution is 5.46. The molecule has 0 amide bonds. The number of hydrogen-bond donors (Lipinski definition) is 2. The molecule has 0 saturated heterocycles. The topological polar surface area (TPSA) is 45.0 Å². The summed E-state index contributed by atoms with van der Waals surface area (Å²) < 4.78 is 0. The average Bonchev–Trinajstić information content (AvgIpc) is 2.34. The lowest BCUT2D eigenvalue weighted by atomic mass is 10.5. The summed E-state index contributed by atoms with van der Waals surface area (Å²) >= 11 is 0. The van der Waals surface area contributed by atoms with Gasteiger partial charge in [-0.25, -0.2) is 0 Å². The molecular weight excluding hydrogens is 126 g/mol. The lowest BCUT2D eigenvalue weighted by molar-refractivity contribution is 0.947. The summed E-state index contributed by atoms with van der Waals surface area (Å²) in [4.78, 5) is 5.12. The van der Waals surface area contributed by atoms with E-state index in [1.807, 2.05) is 19.2 Å². The standard InChI is InChI=1S/C7H13N3/c1-3-10(2)7-5-4-6(8)9-7/h4-5,9H,3,8H2,1-2H3. The van der Waals surface area contributed by atoms with Crippen LogP contribution in [0.1, 0.15) is 6.92 Å². The predicted octanol–water partition coefficient (Wildman–Crippen LogP) is 1.05. The Balaban J connectivity index is 2.74. The lowest BCUT2D eigenvalue weighted by Crippen LogP contribution is -2.15. The zero-order chi connectivity index (χ0) is 7.56. The van der Waals surface area contributed by atoms with Crippen LogP contribution in [-0.4, -0.2) is 18.6 Å². The molecule has 0 aliphatic rings. The molecule has 0 bridgehead atoms. The van der Waals surface area contributed by atoms with Crippen molar-refractivity contribution in [1.29, 1.82) is 0 Å². The SMILES string of the molecule is CCN(C)c1ccc(N)[nH]1. The molecule has 0 unspecified atom stereocenters. The number of nitrogens with zero attached hydrogens (tertiary/aromatic N) is 1. The molecule has 3 nitrogen and oxygen atoms in total. The number of anilines is 2. The number of aromatic nitrogens is 1. The van der Waals surface area contributed by atoms with Crippen molar-refractivity contribution in [1.82, 2.24) is 4.98 Å². The number of nitrogens with one attached hydrogen (secondary N) is 1. The van der Waals surface area contributed by atoms with Crippen LogP contribution in [0.2, 0.25) is 0 Å². The number of hydrogen-bond acceptors (Lipinski definition) is 2. The Bertz CT molecular complexity index is 204. The highest BCUT2D eigenvalue weighted by Gasteiger charge is 1.97. The van der Waals surface area contributed by atoms with E-state index in [9.17, 15) is 0 Å². The Hall–Kier alpha value is -1.12. The molecule has 0 aromatic carbocycles. The summed E-state index contributed by atoms with van der Waals surface area (Å²) in [5.74, 6) is 1.79. The maximum absolute atomic E-state index is 5.49. The van der Waals surface area contributed by atoms with Crippen molar-refractivity contribution in [2.45, 2.75) is 6.92 Å². The van der Waals surface area contributed by atoms with Crippen molar-refractivity contribution in [3.05, 3.63) is 12.1 Å². The van der Waals surface area contributed by atoms with Gasteiger partial charge in [-0.05, 0) is 19.1 Å². The number of aromatic amines is 1. The third-order valence-corrected chi connectivity index (χ3v) is 1.58. The molecule has 0 atom stereocenters.